The van der Waals surface area contributed by atoms with Gasteiger partial charge in [-0.15, -0.1) is 5.10 Å². The van der Waals surface area contributed by atoms with Crippen LogP contribution in [-0.2, 0) is 16.1 Å². The molecule has 7 nitrogen and oxygen atoms in total. The van der Waals surface area contributed by atoms with Crippen LogP contribution in [0.5, 0.6) is 0 Å². The van der Waals surface area contributed by atoms with Crippen molar-refractivity contribution < 1.29 is 9.53 Å². The number of hydrogen-bond acceptors (Lipinski definition) is 5. The molecule has 0 aliphatic carbocycles. The highest BCUT2D eigenvalue weighted by molar-refractivity contribution is 5.78. The van der Waals surface area contributed by atoms with E-state index in [0.717, 1.165) is 44.5 Å². The third-order valence-electron chi connectivity index (χ3n) is 8.67. The highest BCUT2D eigenvalue weighted by Gasteiger charge is 2.35. The zero-order valence-electron chi connectivity index (χ0n) is 24.7. The molecule has 0 saturated carbocycles. The predicted molar refractivity (Wildman–Crippen MR) is 161 cm³/mol. The van der Waals surface area contributed by atoms with Crippen molar-refractivity contribution in [3.63, 3.8) is 0 Å². The van der Waals surface area contributed by atoms with Gasteiger partial charge in [0.1, 0.15) is 0 Å². The molecule has 2 aliphatic heterocycles. The van der Waals surface area contributed by atoms with Gasteiger partial charge in [0.2, 0.25) is 5.91 Å². The van der Waals surface area contributed by atoms with Gasteiger partial charge in [0, 0.05) is 13.6 Å². The van der Waals surface area contributed by atoms with Gasteiger partial charge < -0.3 is 9.64 Å². The molecule has 3 aromatic rings. The number of benzene rings is 2. The smallest absolute Gasteiger partial charge is 0.228 e. The molecule has 1 aromatic heterocycles. The number of rotatable bonds is 9. The number of hydrogen-bond donors (Lipinski definition) is 0. The van der Waals surface area contributed by atoms with E-state index in [1.807, 2.05) is 47.9 Å². The minimum Gasteiger partial charge on any atom is -0.374 e. The van der Waals surface area contributed by atoms with Gasteiger partial charge in [-0.05, 0) is 75.1 Å². The minimum absolute atomic E-state index is 0.0483. The molecule has 216 valence electrons. The first-order valence-corrected chi connectivity index (χ1v) is 15.1. The maximum Gasteiger partial charge on any atom is 0.228 e. The van der Waals surface area contributed by atoms with Gasteiger partial charge in [0.25, 0.3) is 0 Å². The van der Waals surface area contributed by atoms with E-state index in [-0.39, 0.29) is 30.1 Å². The first-order valence-electron chi connectivity index (χ1n) is 15.1. The van der Waals surface area contributed by atoms with Crippen molar-refractivity contribution in [3.05, 3.63) is 83.7 Å². The van der Waals surface area contributed by atoms with Crippen molar-refractivity contribution in [1.29, 1.82) is 0 Å². The number of carbonyl (C=O) groups excluding carboxylic acids is 1. The maximum absolute atomic E-state index is 13.1. The lowest BCUT2D eigenvalue weighted by atomic mass is 9.89. The molecule has 41 heavy (non-hydrogen) atoms. The predicted octanol–water partition coefficient (Wildman–Crippen LogP) is 5.30. The van der Waals surface area contributed by atoms with Gasteiger partial charge in [-0.25, -0.2) is 4.68 Å². The number of aromatic nitrogens is 3. The molecule has 1 amide bonds. The van der Waals surface area contributed by atoms with Gasteiger partial charge in [-0.1, -0.05) is 78.7 Å². The van der Waals surface area contributed by atoms with E-state index in [0.29, 0.717) is 18.2 Å². The second-order valence-corrected chi connectivity index (χ2v) is 11.8. The third-order valence-corrected chi connectivity index (χ3v) is 8.67. The Morgan fingerprint density at radius 2 is 1.73 bits per heavy atom. The van der Waals surface area contributed by atoms with Crippen LogP contribution in [0.1, 0.15) is 74.7 Å². The second-order valence-electron chi connectivity index (χ2n) is 11.8. The Labute approximate surface area is 244 Å². The highest BCUT2D eigenvalue weighted by Crippen LogP contribution is 2.31. The monoisotopic (exact) mass is 553 g/mol. The summed E-state index contributed by atoms with van der Waals surface area (Å²) >= 11 is 0. The standard InChI is InChI=1S/C34H43N5O2/c1-26(23-32-16-17-33(41-32)27(2)34(40)37(3)24-28-11-6-4-7-12-28)39-25-31(35-36-39)15-10-20-38-21-18-30(19-22-38)29-13-8-5-9-14-29/h4-9,11-14,25-27,30,32-33H,16-24H2,1-3H3/t26-,27-,32+,33-/m1/s1. The average Bonchev–Trinajstić information content (AvgIpc) is 3.68. The minimum atomic E-state index is -0.165. The van der Waals surface area contributed by atoms with Gasteiger partial charge in [-0.3, -0.25) is 9.69 Å². The molecule has 0 N–H and O–H groups in total. The van der Waals surface area contributed by atoms with Gasteiger partial charge in [-0.2, -0.15) is 0 Å². The Morgan fingerprint density at radius 1 is 1.02 bits per heavy atom. The van der Waals surface area contributed by atoms with Gasteiger partial charge in [0.05, 0.1) is 36.9 Å². The van der Waals surface area contributed by atoms with E-state index in [2.05, 4.69) is 76.4 Å². The Hall–Kier alpha value is -3.47. The van der Waals surface area contributed by atoms with Crippen molar-refractivity contribution in [3.8, 4) is 11.8 Å². The zero-order chi connectivity index (χ0) is 28.6. The Kier molecular flexibility index (Phi) is 9.87. The van der Waals surface area contributed by atoms with Crippen LogP contribution in [0.3, 0.4) is 0 Å². The summed E-state index contributed by atoms with van der Waals surface area (Å²) in [6, 6.07) is 21.1. The molecule has 4 atom stereocenters. The van der Waals surface area contributed by atoms with Crippen molar-refractivity contribution in [1.82, 2.24) is 24.8 Å². The fourth-order valence-electron chi connectivity index (χ4n) is 6.15. The number of ether oxygens (including phenoxy) is 1. The van der Waals surface area contributed by atoms with Crippen LogP contribution in [0.2, 0.25) is 0 Å². The summed E-state index contributed by atoms with van der Waals surface area (Å²) < 4.78 is 8.27. The summed E-state index contributed by atoms with van der Waals surface area (Å²) in [4.78, 5) is 17.3. The number of piperidine rings is 1. The number of amides is 1. The summed E-state index contributed by atoms with van der Waals surface area (Å²) in [5.41, 5.74) is 3.30. The Morgan fingerprint density at radius 3 is 2.46 bits per heavy atom. The molecule has 5 rings (SSSR count). The number of carbonyl (C=O) groups is 1. The van der Waals surface area contributed by atoms with Crippen LogP contribution in [0, 0.1) is 17.8 Å². The molecule has 3 heterocycles. The lowest BCUT2D eigenvalue weighted by Crippen LogP contribution is -2.37. The van der Waals surface area contributed by atoms with E-state index >= 15 is 0 Å². The maximum atomic E-state index is 13.1. The molecule has 2 saturated heterocycles. The summed E-state index contributed by atoms with van der Waals surface area (Å²) in [6.07, 6.45) is 7.06. The summed E-state index contributed by atoms with van der Waals surface area (Å²) in [5.74, 6) is 7.14. The highest BCUT2D eigenvalue weighted by atomic mass is 16.5. The number of nitrogens with zero attached hydrogens (tertiary/aromatic N) is 5. The quantitative estimate of drug-likeness (QED) is 0.337. The Balaban J connectivity index is 1.04. The molecule has 0 radical (unpaired) electrons. The summed E-state index contributed by atoms with van der Waals surface area (Å²) in [5, 5.41) is 8.64. The molecule has 0 bridgehead atoms. The van der Waals surface area contributed by atoms with E-state index in [4.69, 9.17) is 4.74 Å². The second kappa shape index (κ2) is 13.9. The van der Waals surface area contributed by atoms with Gasteiger partial charge >= 0.3 is 0 Å². The molecule has 2 aromatic carbocycles. The Bertz CT molecular complexity index is 1310. The fourth-order valence-corrected chi connectivity index (χ4v) is 6.15. The summed E-state index contributed by atoms with van der Waals surface area (Å²) in [6.45, 7) is 7.66. The SMILES string of the molecule is C[C@H](C[C@@H]1CC[C@H]([C@@H](C)C(=O)N(C)Cc2ccccc2)O1)n1cc(C#CCN2CCC(c3ccccc3)CC2)nn1. The molecule has 0 unspecified atom stereocenters. The van der Waals surface area contributed by atoms with Crippen LogP contribution in [-0.4, -0.2) is 69.6 Å². The molecule has 2 fully saturated rings. The zero-order valence-corrected chi connectivity index (χ0v) is 24.7. The largest absolute Gasteiger partial charge is 0.374 e. The summed E-state index contributed by atoms with van der Waals surface area (Å²) in [7, 11) is 1.87. The molecule has 7 heteroatoms. The third kappa shape index (κ3) is 7.84. The topological polar surface area (TPSA) is 63.5 Å². The number of likely N-dealkylation sites (tertiary alicyclic amines) is 1. The molecular weight excluding hydrogens is 510 g/mol. The van der Waals surface area contributed by atoms with Crippen LogP contribution < -0.4 is 0 Å². The lowest BCUT2D eigenvalue weighted by molar-refractivity contribution is -0.139. The molecule has 2 aliphatic rings. The average molecular weight is 554 g/mol. The molecule has 0 spiro atoms. The lowest BCUT2D eigenvalue weighted by Gasteiger charge is -2.30. The first kappa shape index (κ1) is 29.0. The van der Waals surface area contributed by atoms with E-state index in [1.165, 1.54) is 18.4 Å². The van der Waals surface area contributed by atoms with E-state index in [9.17, 15) is 4.79 Å². The van der Waals surface area contributed by atoms with Gasteiger partial charge in [0.15, 0.2) is 5.69 Å². The van der Waals surface area contributed by atoms with E-state index in [1.54, 1.807) is 0 Å². The van der Waals surface area contributed by atoms with Crippen molar-refractivity contribution in [2.45, 2.75) is 76.7 Å². The van der Waals surface area contributed by atoms with Crippen LogP contribution in [0.4, 0.5) is 0 Å². The van der Waals surface area contributed by atoms with Crippen molar-refractivity contribution in [2.75, 3.05) is 26.7 Å². The van der Waals surface area contributed by atoms with Crippen LogP contribution >= 0.6 is 0 Å². The normalized spacial score (nSPS) is 21.1. The van der Waals surface area contributed by atoms with Crippen molar-refractivity contribution >= 4 is 5.91 Å². The van der Waals surface area contributed by atoms with Crippen LogP contribution in [0.15, 0.2) is 66.9 Å². The fraction of sp³-hybridized carbons (Fsp3) is 0.500. The van der Waals surface area contributed by atoms with E-state index < -0.39 is 0 Å². The van der Waals surface area contributed by atoms with Crippen LogP contribution in [0.25, 0.3) is 0 Å². The van der Waals surface area contributed by atoms with Crippen molar-refractivity contribution in [2.24, 2.45) is 5.92 Å². The first-order chi connectivity index (χ1) is 20.0. The molecular formula is C34H43N5O2.